The van der Waals surface area contributed by atoms with Crippen molar-refractivity contribution in [3.8, 4) is 0 Å². The van der Waals surface area contributed by atoms with Gasteiger partial charge >= 0.3 is 0 Å². The first-order chi connectivity index (χ1) is 7.35. The summed E-state index contributed by atoms with van der Waals surface area (Å²) in [5, 5.41) is 2.80. The molecule has 0 radical (unpaired) electrons. The topological polar surface area (TPSA) is 29.1 Å². The Morgan fingerprint density at radius 2 is 1.88 bits per heavy atom. The van der Waals surface area contributed by atoms with Gasteiger partial charge in [-0.15, -0.1) is 23.2 Å². The highest BCUT2D eigenvalue weighted by molar-refractivity contribution is 9.10. The highest BCUT2D eigenvalue weighted by Gasteiger charge is 2.67. The first-order valence-corrected chi connectivity index (χ1v) is 6.35. The van der Waals surface area contributed by atoms with Gasteiger partial charge < -0.3 is 5.32 Å². The maximum Gasteiger partial charge on any atom is 0.233 e. The lowest BCUT2D eigenvalue weighted by atomic mass is 10.1. The maximum atomic E-state index is 11.9. The van der Waals surface area contributed by atoms with E-state index in [1.165, 1.54) is 0 Å². The fraction of sp³-hybridized carbons (Fsp3) is 0.364. The average molecular weight is 323 g/mol. The van der Waals surface area contributed by atoms with Crippen molar-refractivity contribution in [1.82, 2.24) is 0 Å². The highest BCUT2D eigenvalue weighted by atomic mass is 79.9. The lowest BCUT2D eigenvalue weighted by Gasteiger charge is -2.12. The molecule has 1 atom stereocenters. The van der Waals surface area contributed by atoms with Crippen LogP contribution in [0.2, 0.25) is 0 Å². The van der Waals surface area contributed by atoms with Crippen LogP contribution >= 0.6 is 39.1 Å². The number of alkyl halides is 2. The fourth-order valence-corrected chi connectivity index (χ4v) is 2.42. The number of hydrogen-bond donors (Lipinski definition) is 1. The zero-order valence-electron chi connectivity index (χ0n) is 8.56. The first kappa shape index (κ1) is 12.2. The number of rotatable bonds is 2. The monoisotopic (exact) mass is 321 g/mol. The Morgan fingerprint density at radius 1 is 1.38 bits per heavy atom. The van der Waals surface area contributed by atoms with Crippen molar-refractivity contribution in [2.45, 2.75) is 17.7 Å². The van der Waals surface area contributed by atoms with E-state index < -0.39 is 9.75 Å². The molecule has 0 aromatic heterocycles. The summed E-state index contributed by atoms with van der Waals surface area (Å²) >= 11 is 15.2. The van der Waals surface area contributed by atoms with Crippen LogP contribution in [-0.4, -0.2) is 10.2 Å². The number of carbonyl (C=O) groups is 1. The molecule has 1 aliphatic carbocycles. The minimum absolute atomic E-state index is 0.139. The van der Waals surface area contributed by atoms with E-state index in [-0.39, 0.29) is 5.91 Å². The molecule has 0 saturated heterocycles. The van der Waals surface area contributed by atoms with E-state index in [2.05, 4.69) is 21.2 Å². The number of benzene rings is 1. The van der Waals surface area contributed by atoms with Crippen LogP contribution in [-0.2, 0) is 4.79 Å². The fourth-order valence-electron chi connectivity index (χ4n) is 1.45. The Bertz CT molecular complexity index is 432. The van der Waals surface area contributed by atoms with Crippen LogP contribution in [0, 0.1) is 5.41 Å². The van der Waals surface area contributed by atoms with Gasteiger partial charge in [0.1, 0.15) is 4.33 Å². The summed E-state index contributed by atoms with van der Waals surface area (Å²) in [4.78, 5) is 11.9. The summed E-state index contributed by atoms with van der Waals surface area (Å²) in [5.41, 5.74) is 0.0638. The second-order valence-electron chi connectivity index (χ2n) is 4.17. The van der Waals surface area contributed by atoms with E-state index in [9.17, 15) is 4.79 Å². The van der Waals surface area contributed by atoms with Crippen molar-refractivity contribution >= 4 is 50.7 Å². The largest absolute Gasteiger partial charge is 0.326 e. The molecule has 1 amide bonds. The maximum absolute atomic E-state index is 11.9. The van der Waals surface area contributed by atoms with Crippen molar-refractivity contribution in [3.05, 3.63) is 28.7 Å². The number of carbonyl (C=O) groups excluding carboxylic acids is 1. The van der Waals surface area contributed by atoms with Crippen molar-refractivity contribution in [3.63, 3.8) is 0 Å². The summed E-state index contributed by atoms with van der Waals surface area (Å²) in [6.45, 7) is 1.77. The molecule has 2 nitrogen and oxygen atoms in total. The van der Waals surface area contributed by atoms with Crippen molar-refractivity contribution < 1.29 is 4.79 Å². The smallest absolute Gasteiger partial charge is 0.233 e. The summed E-state index contributed by atoms with van der Waals surface area (Å²) in [7, 11) is 0. The van der Waals surface area contributed by atoms with Gasteiger partial charge in [0, 0.05) is 10.2 Å². The quantitative estimate of drug-likeness (QED) is 0.820. The molecule has 2 rings (SSSR count). The molecule has 0 heterocycles. The predicted molar refractivity (Wildman–Crippen MR) is 69.9 cm³/mol. The van der Waals surface area contributed by atoms with Gasteiger partial charge in [-0.1, -0.05) is 15.9 Å². The standard InChI is InChI=1S/C11H10BrCl2NO/c1-10(6-11(10,13)14)9(16)15-8-4-2-7(12)3-5-8/h2-5H,6H2,1H3,(H,15,16). The van der Waals surface area contributed by atoms with Crippen LogP contribution in [0.25, 0.3) is 0 Å². The van der Waals surface area contributed by atoms with Crippen LogP contribution in [0.15, 0.2) is 28.7 Å². The van der Waals surface area contributed by atoms with Crippen LogP contribution < -0.4 is 5.32 Å². The molecule has 1 aliphatic rings. The van der Waals surface area contributed by atoms with E-state index >= 15 is 0 Å². The van der Waals surface area contributed by atoms with Gasteiger partial charge in [0.2, 0.25) is 5.91 Å². The number of anilines is 1. The van der Waals surface area contributed by atoms with Gasteiger partial charge in [0.15, 0.2) is 0 Å². The zero-order chi connectivity index (χ0) is 12.0. The Balaban J connectivity index is 2.07. The molecule has 1 unspecified atom stereocenters. The lowest BCUT2D eigenvalue weighted by molar-refractivity contribution is -0.120. The molecule has 1 fully saturated rings. The number of nitrogens with one attached hydrogen (secondary N) is 1. The minimum Gasteiger partial charge on any atom is -0.326 e. The highest BCUT2D eigenvalue weighted by Crippen LogP contribution is 2.64. The third kappa shape index (κ3) is 2.08. The van der Waals surface area contributed by atoms with Gasteiger partial charge in [-0.25, -0.2) is 0 Å². The Hall–Kier alpha value is -0.250. The van der Waals surface area contributed by atoms with Crippen LogP contribution in [0.4, 0.5) is 5.69 Å². The molecule has 1 N–H and O–H groups in total. The number of hydrogen-bond acceptors (Lipinski definition) is 1. The van der Waals surface area contributed by atoms with Gasteiger partial charge in [0.05, 0.1) is 5.41 Å². The third-order valence-corrected chi connectivity index (χ3v) is 4.49. The molecule has 86 valence electrons. The summed E-state index contributed by atoms with van der Waals surface area (Å²) in [5.74, 6) is -0.139. The molecule has 1 aromatic rings. The summed E-state index contributed by atoms with van der Waals surface area (Å²) < 4.78 is 0.0408. The second-order valence-corrected chi connectivity index (χ2v) is 6.57. The first-order valence-electron chi connectivity index (χ1n) is 4.80. The van der Waals surface area contributed by atoms with Gasteiger partial charge in [-0.05, 0) is 37.6 Å². The third-order valence-electron chi connectivity index (χ3n) is 2.86. The predicted octanol–water partition coefficient (Wildman–Crippen LogP) is 3.97. The van der Waals surface area contributed by atoms with Gasteiger partial charge in [-0.3, -0.25) is 4.79 Å². The molecule has 1 saturated carbocycles. The van der Waals surface area contributed by atoms with E-state index in [1.54, 1.807) is 6.92 Å². The molecular formula is C11H10BrCl2NO. The number of amides is 1. The van der Waals surface area contributed by atoms with Crippen LogP contribution in [0.1, 0.15) is 13.3 Å². The number of halogens is 3. The van der Waals surface area contributed by atoms with Gasteiger partial charge in [0.25, 0.3) is 0 Å². The molecule has 5 heteroatoms. The van der Waals surface area contributed by atoms with Gasteiger partial charge in [-0.2, -0.15) is 0 Å². The molecule has 0 bridgehead atoms. The Kier molecular flexibility index (Phi) is 2.97. The summed E-state index contributed by atoms with van der Waals surface area (Å²) in [6.07, 6.45) is 0.492. The SMILES string of the molecule is CC1(C(=O)Nc2ccc(Br)cc2)CC1(Cl)Cl. The Labute approximate surface area is 112 Å². The van der Waals surface area contributed by atoms with Crippen molar-refractivity contribution in [1.29, 1.82) is 0 Å². The molecular weight excluding hydrogens is 313 g/mol. The van der Waals surface area contributed by atoms with Crippen molar-refractivity contribution in [2.75, 3.05) is 5.32 Å². The van der Waals surface area contributed by atoms with Crippen molar-refractivity contribution in [2.24, 2.45) is 5.41 Å². The van der Waals surface area contributed by atoms with E-state index in [1.807, 2.05) is 24.3 Å². The molecule has 0 aliphatic heterocycles. The molecule has 16 heavy (non-hydrogen) atoms. The van der Waals surface area contributed by atoms with E-state index in [4.69, 9.17) is 23.2 Å². The van der Waals surface area contributed by atoms with Crippen LogP contribution in [0.3, 0.4) is 0 Å². The summed E-state index contributed by atoms with van der Waals surface area (Å²) in [6, 6.07) is 7.36. The molecule has 0 spiro atoms. The van der Waals surface area contributed by atoms with E-state index in [0.29, 0.717) is 6.42 Å². The normalized spacial score (nSPS) is 26.2. The zero-order valence-corrected chi connectivity index (χ0v) is 11.7. The van der Waals surface area contributed by atoms with Crippen LogP contribution in [0.5, 0.6) is 0 Å². The minimum atomic E-state index is -0.924. The lowest BCUT2D eigenvalue weighted by Crippen LogP contribution is -2.25. The Morgan fingerprint density at radius 3 is 2.31 bits per heavy atom. The molecule has 1 aromatic carbocycles. The average Bonchev–Trinajstić information content (AvgIpc) is 2.71. The van der Waals surface area contributed by atoms with E-state index in [0.717, 1.165) is 10.2 Å². The second kappa shape index (κ2) is 3.90.